The average Bonchev–Trinajstić information content (AvgIpc) is 3.51. The molecule has 0 fully saturated rings. The first-order valence-electron chi connectivity index (χ1n) is 15.5. The highest BCUT2D eigenvalue weighted by atomic mass is 16.3. The molecule has 0 aliphatic heterocycles. The molecular weight excluding hydrogens is 576 g/mol. The summed E-state index contributed by atoms with van der Waals surface area (Å²) in [7, 11) is 0. The highest BCUT2D eigenvalue weighted by Crippen LogP contribution is 2.36. The lowest BCUT2D eigenvalue weighted by atomic mass is 9.88. The fourth-order valence-corrected chi connectivity index (χ4v) is 6.53. The van der Waals surface area contributed by atoms with E-state index < -0.39 is 0 Å². The van der Waals surface area contributed by atoms with E-state index in [0.29, 0.717) is 5.82 Å². The Hall–Kier alpha value is -6.46. The normalized spacial score (nSPS) is 12.7. The van der Waals surface area contributed by atoms with Crippen molar-refractivity contribution in [2.24, 2.45) is 0 Å². The highest BCUT2D eigenvalue weighted by Gasteiger charge is 2.19. The number of benzene rings is 6. The summed E-state index contributed by atoms with van der Waals surface area (Å²) in [6, 6.07) is 45.4. The van der Waals surface area contributed by atoms with Gasteiger partial charge in [-0.25, -0.2) is 9.97 Å². The lowest BCUT2D eigenvalue weighted by molar-refractivity contribution is 0.669. The van der Waals surface area contributed by atoms with Crippen LogP contribution in [0.15, 0.2) is 144 Å². The van der Waals surface area contributed by atoms with Crippen molar-refractivity contribution in [3.8, 4) is 45.0 Å². The van der Waals surface area contributed by atoms with Crippen molar-refractivity contribution in [3.05, 3.63) is 151 Å². The summed E-state index contributed by atoms with van der Waals surface area (Å²) in [4.78, 5) is 10.3. The summed E-state index contributed by atoms with van der Waals surface area (Å²) in [5.74, 6) is 0.590. The van der Waals surface area contributed by atoms with Gasteiger partial charge in [0, 0.05) is 33.0 Å². The van der Waals surface area contributed by atoms with Crippen LogP contribution in [0.1, 0.15) is 11.1 Å². The van der Waals surface area contributed by atoms with E-state index in [1.165, 1.54) is 0 Å². The first kappa shape index (κ1) is 26.9. The Morgan fingerprint density at radius 1 is 0.468 bits per heavy atom. The summed E-state index contributed by atoms with van der Waals surface area (Å²) in [5, 5.41) is 21.0. The molecule has 5 nitrogen and oxygen atoms in total. The number of para-hydroxylation sites is 1. The summed E-state index contributed by atoms with van der Waals surface area (Å²) in [6.07, 6.45) is 3.59. The Balaban J connectivity index is 1.26. The number of rotatable bonds is 4. The summed E-state index contributed by atoms with van der Waals surface area (Å²) in [6.45, 7) is 0. The summed E-state index contributed by atoms with van der Waals surface area (Å²) < 4.78 is 6.12. The van der Waals surface area contributed by atoms with Crippen molar-refractivity contribution < 1.29 is 4.42 Å². The smallest absolute Gasteiger partial charge is 0.160 e. The first-order chi connectivity index (χ1) is 23.1. The van der Waals surface area contributed by atoms with Gasteiger partial charge in [-0.1, -0.05) is 97.1 Å². The van der Waals surface area contributed by atoms with Gasteiger partial charge in [0.2, 0.25) is 0 Å². The fourth-order valence-electron chi connectivity index (χ4n) is 6.53. The molecule has 6 aromatic carbocycles. The molecule has 0 amide bonds. The van der Waals surface area contributed by atoms with E-state index in [1.54, 1.807) is 6.08 Å². The van der Waals surface area contributed by atoms with E-state index in [0.717, 1.165) is 83.0 Å². The van der Waals surface area contributed by atoms with Crippen molar-refractivity contribution in [2.45, 2.75) is 0 Å². The second-order valence-electron chi connectivity index (χ2n) is 11.8. The molecular formula is C42H26N4O. The number of nitrogens with zero attached hydrogens (tertiary/aromatic N) is 2. The van der Waals surface area contributed by atoms with Gasteiger partial charge in [-0.05, 0) is 76.0 Å². The number of hydrogen-bond donors (Lipinski definition) is 2. The Labute approximate surface area is 270 Å². The predicted molar refractivity (Wildman–Crippen MR) is 192 cm³/mol. The Kier molecular flexibility index (Phi) is 6.05. The monoisotopic (exact) mass is 602 g/mol. The molecule has 8 aromatic rings. The minimum Gasteiger partial charge on any atom is -0.456 e. The van der Waals surface area contributed by atoms with Gasteiger partial charge in [-0.2, -0.15) is 0 Å². The zero-order chi connectivity index (χ0) is 31.5. The van der Waals surface area contributed by atoms with E-state index in [4.69, 9.17) is 25.2 Å². The number of furan rings is 1. The van der Waals surface area contributed by atoms with E-state index >= 15 is 0 Å². The minimum absolute atomic E-state index is 0.205. The van der Waals surface area contributed by atoms with Crippen LogP contribution in [0.5, 0.6) is 0 Å². The third-order valence-electron chi connectivity index (χ3n) is 8.92. The predicted octanol–water partition coefficient (Wildman–Crippen LogP) is 10.6. The average molecular weight is 603 g/mol. The third kappa shape index (κ3) is 4.56. The summed E-state index contributed by atoms with van der Waals surface area (Å²) in [5.41, 5.74) is 10.5. The topological polar surface area (TPSA) is 86.6 Å². The van der Waals surface area contributed by atoms with Gasteiger partial charge in [0.15, 0.2) is 5.82 Å². The molecule has 1 aliphatic carbocycles. The fraction of sp³-hybridized carbons (Fsp3) is 0. The molecule has 2 heterocycles. The van der Waals surface area contributed by atoms with Crippen LogP contribution in [0, 0.1) is 10.8 Å². The van der Waals surface area contributed by atoms with E-state index in [1.807, 2.05) is 60.7 Å². The molecule has 0 radical (unpaired) electrons. The summed E-state index contributed by atoms with van der Waals surface area (Å²) >= 11 is 0. The Morgan fingerprint density at radius 2 is 1.15 bits per heavy atom. The second-order valence-corrected chi connectivity index (χ2v) is 11.8. The number of fused-ring (bicyclic) bond motifs is 6. The van der Waals surface area contributed by atoms with Crippen LogP contribution in [0.25, 0.3) is 83.8 Å². The standard InChI is InChI=1S/C42H26N4O/c43-35-19-17-27-15-13-26-14-16-31(23-33(26)40(27)41(35)44)42-45-36(29-10-6-9-28(21-29)25-7-2-1-3-8-25)24-37(46-42)30-18-20-39-34(22-30)32-11-4-5-12-38(32)47-39/h1-24,43-44H. The molecule has 5 heteroatoms. The lowest BCUT2D eigenvalue weighted by Crippen LogP contribution is -2.16. The molecule has 2 aromatic heterocycles. The number of allylic oxidation sites excluding steroid dienone is 1. The molecule has 0 bridgehead atoms. The van der Waals surface area contributed by atoms with Gasteiger partial charge in [0.1, 0.15) is 11.2 Å². The van der Waals surface area contributed by atoms with Crippen LogP contribution in [0.4, 0.5) is 0 Å². The van der Waals surface area contributed by atoms with Crippen molar-refractivity contribution in [1.82, 2.24) is 9.97 Å². The molecule has 0 saturated carbocycles. The van der Waals surface area contributed by atoms with Crippen LogP contribution in [-0.2, 0) is 0 Å². The zero-order valence-electron chi connectivity index (χ0n) is 25.2. The third-order valence-corrected chi connectivity index (χ3v) is 8.92. The second kappa shape index (κ2) is 10.6. The molecule has 0 spiro atoms. The van der Waals surface area contributed by atoms with E-state index in [2.05, 4.69) is 78.9 Å². The molecule has 0 unspecified atom stereocenters. The maximum atomic E-state index is 8.71. The van der Waals surface area contributed by atoms with Crippen molar-refractivity contribution in [2.75, 3.05) is 0 Å². The zero-order valence-corrected chi connectivity index (χ0v) is 25.2. The number of nitrogens with one attached hydrogen (secondary N) is 2. The maximum absolute atomic E-state index is 8.71. The number of aromatic nitrogens is 2. The Morgan fingerprint density at radius 3 is 2.02 bits per heavy atom. The first-order valence-corrected chi connectivity index (χ1v) is 15.5. The minimum atomic E-state index is 0.205. The van der Waals surface area contributed by atoms with Crippen LogP contribution in [0.2, 0.25) is 0 Å². The largest absolute Gasteiger partial charge is 0.456 e. The van der Waals surface area contributed by atoms with E-state index in [-0.39, 0.29) is 11.4 Å². The molecule has 0 saturated heterocycles. The maximum Gasteiger partial charge on any atom is 0.160 e. The quantitative estimate of drug-likeness (QED) is 0.210. The van der Waals surface area contributed by atoms with Crippen molar-refractivity contribution in [1.29, 1.82) is 10.8 Å². The van der Waals surface area contributed by atoms with Gasteiger partial charge in [-0.3, -0.25) is 10.8 Å². The molecule has 47 heavy (non-hydrogen) atoms. The highest BCUT2D eigenvalue weighted by molar-refractivity contribution is 6.53. The number of hydrogen-bond acceptors (Lipinski definition) is 5. The van der Waals surface area contributed by atoms with Gasteiger partial charge >= 0.3 is 0 Å². The van der Waals surface area contributed by atoms with Crippen LogP contribution in [0.3, 0.4) is 0 Å². The molecule has 1 aliphatic rings. The van der Waals surface area contributed by atoms with Gasteiger partial charge in [0.25, 0.3) is 0 Å². The van der Waals surface area contributed by atoms with Gasteiger partial charge in [0.05, 0.1) is 22.8 Å². The molecule has 0 atom stereocenters. The van der Waals surface area contributed by atoms with E-state index in [9.17, 15) is 0 Å². The SMILES string of the molecule is N=C1C=Cc2ccc3ccc(-c4nc(-c5cccc(-c6ccccc6)c5)cc(-c5ccc6oc7ccccc7c6c5)n4)cc3c2C1=N. The van der Waals surface area contributed by atoms with Crippen LogP contribution < -0.4 is 0 Å². The van der Waals surface area contributed by atoms with Gasteiger partial charge in [-0.15, -0.1) is 0 Å². The molecule has 9 rings (SSSR count). The van der Waals surface area contributed by atoms with Gasteiger partial charge < -0.3 is 4.42 Å². The van der Waals surface area contributed by atoms with Crippen molar-refractivity contribution >= 4 is 50.2 Å². The Bertz CT molecular complexity index is 2610. The molecule has 220 valence electrons. The van der Waals surface area contributed by atoms with Crippen LogP contribution >= 0.6 is 0 Å². The lowest BCUT2D eigenvalue weighted by Gasteiger charge is -2.16. The van der Waals surface area contributed by atoms with Crippen LogP contribution in [-0.4, -0.2) is 21.4 Å². The molecule has 2 N–H and O–H groups in total. The van der Waals surface area contributed by atoms with Crippen molar-refractivity contribution in [3.63, 3.8) is 0 Å².